The zero-order chi connectivity index (χ0) is 13.0. The Labute approximate surface area is 108 Å². The van der Waals surface area contributed by atoms with Crippen LogP contribution in [0.15, 0.2) is 4.52 Å². The molecular weight excluding hydrogens is 228 g/mol. The second-order valence-electron chi connectivity index (χ2n) is 5.37. The molecule has 0 N–H and O–H groups in total. The van der Waals surface area contributed by atoms with Crippen LogP contribution in [0.1, 0.15) is 70.0 Å². The van der Waals surface area contributed by atoms with E-state index in [0.717, 1.165) is 11.7 Å². The van der Waals surface area contributed by atoms with Crippen LogP contribution in [0.3, 0.4) is 0 Å². The van der Waals surface area contributed by atoms with Gasteiger partial charge in [0, 0.05) is 18.8 Å². The van der Waals surface area contributed by atoms with Crippen LogP contribution in [0.2, 0.25) is 0 Å². The Kier molecular flexibility index (Phi) is 4.50. The van der Waals surface area contributed by atoms with E-state index in [1.54, 1.807) is 6.92 Å². The molecule has 18 heavy (non-hydrogen) atoms. The molecule has 0 spiro atoms. The van der Waals surface area contributed by atoms with Gasteiger partial charge in [-0.05, 0) is 38.5 Å². The van der Waals surface area contributed by atoms with Crippen LogP contribution in [0.25, 0.3) is 0 Å². The predicted molar refractivity (Wildman–Crippen MR) is 68.3 cm³/mol. The standard InChI is InChI=1S/C14H22N2O2/c1-3-11-5-7-12(8-6-11)14-15-13(18-16-14)9-4-10(2)17/h11-12H,3-9H2,1-2H3. The van der Waals surface area contributed by atoms with E-state index in [0.29, 0.717) is 24.7 Å². The minimum atomic E-state index is 0.165. The number of hydrogen-bond acceptors (Lipinski definition) is 4. The molecule has 4 nitrogen and oxygen atoms in total. The van der Waals surface area contributed by atoms with Gasteiger partial charge in [-0.3, -0.25) is 0 Å². The van der Waals surface area contributed by atoms with Gasteiger partial charge < -0.3 is 9.32 Å². The summed E-state index contributed by atoms with van der Waals surface area (Å²) in [6, 6.07) is 0. The van der Waals surface area contributed by atoms with Crippen molar-refractivity contribution in [3.8, 4) is 0 Å². The smallest absolute Gasteiger partial charge is 0.227 e. The first-order chi connectivity index (χ1) is 8.69. The molecule has 0 aromatic carbocycles. The maximum atomic E-state index is 10.9. The van der Waals surface area contributed by atoms with E-state index in [2.05, 4.69) is 17.1 Å². The fraction of sp³-hybridized carbons (Fsp3) is 0.786. The molecule has 0 unspecified atom stereocenters. The van der Waals surface area contributed by atoms with Crippen molar-refractivity contribution in [1.82, 2.24) is 10.1 Å². The molecule has 2 rings (SSSR count). The van der Waals surface area contributed by atoms with Crippen LogP contribution in [0, 0.1) is 5.92 Å². The van der Waals surface area contributed by atoms with Crippen molar-refractivity contribution >= 4 is 5.78 Å². The van der Waals surface area contributed by atoms with Crippen molar-refractivity contribution in [3.05, 3.63) is 11.7 Å². The third-order valence-corrected chi connectivity index (χ3v) is 3.96. The van der Waals surface area contributed by atoms with Gasteiger partial charge in [0.25, 0.3) is 0 Å². The van der Waals surface area contributed by atoms with E-state index < -0.39 is 0 Å². The third kappa shape index (κ3) is 3.40. The van der Waals surface area contributed by atoms with E-state index >= 15 is 0 Å². The lowest BCUT2D eigenvalue weighted by Crippen LogP contribution is -2.13. The summed E-state index contributed by atoms with van der Waals surface area (Å²) < 4.78 is 5.21. The number of carbonyl (C=O) groups excluding carboxylic acids is 1. The number of Topliss-reactive ketones (excluding diaryl/α,β-unsaturated/α-hetero) is 1. The molecule has 1 saturated carbocycles. The summed E-state index contributed by atoms with van der Waals surface area (Å²) in [5, 5.41) is 4.07. The summed E-state index contributed by atoms with van der Waals surface area (Å²) in [5.41, 5.74) is 0. The molecule has 1 aliphatic rings. The molecule has 1 aliphatic carbocycles. The quantitative estimate of drug-likeness (QED) is 0.804. The minimum Gasteiger partial charge on any atom is -0.339 e. The summed E-state index contributed by atoms with van der Waals surface area (Å²) in [4.78, 5) is 15.3. The number of hydrogen-bond donors (Lipinski definition) is 0. The van der Waals surface area contributed by atoms with Crippen LogP contribution in [-0.2, 0) is 11.2 Å². The van der Waals surface area contributed by atoms with Crippen LogP contribution in [-0.4, -0.2) is 15.9 Å². The van der Waals surface area contributed by atoms with Gasteiger partial charge in [-0.1, -0.05) is 18.5 Å². The highest BCUT2D eigenvalue weighted by Gasteiger charge is 2.24. The first-order valence-corrected chi connectivity index (χ1v) is 7.01. The van der Waals surface area contributed by atoms with Crippen LogP contribution in [0.4, 0.5) is 0 Å². The van der Waals surface area contributed by atoms with Gasteiger partial charge >= 0.3 is 0 Å². The largest absolute Gasteiger partial charge is 0.339 e. The lowest BCUT2D eigenvalue weighted by molar-refractivity contribution is -0.117. The Hall–Kier alpha value is -1.19. The molecular formula is C14H22N2O2. The second kappa shape index (κ2) is 6.12. The van der Waals surface area contributed by atoms with Crippen LogP contribution >= 0.6 is 0 Å². The highest BCUT2D eigenvalue weighted by atomic mass is 16.5. The summed E-state index contributed by atoms with van der Waals surface area (Å²) in [6.07, 6.45) is 7.24. The fourth-order valence-corrected chi connectivity index (χ4v) is 2.65. The Morgan fingerprint density at radius 2 is 2.06 bits per heavy atom. The van der Waals surface area contributed by atoms with Crippen molar-refractivity contribution in [2.45, 2.75) is 64.7 Å². The molecule has 4 heteroatoms. The lowest BCUT2D eigenvalue weighted by Gasteiger charge is -2.25. The summed E-state index contributed by atoms with van der Waals surface area (Å²) in [6.45, 7) is 3.85. The Morgan fingerprint density at radius 3 is 2.67 bits per heavy atom. The van der Waals surface area contributed by atoms with Crippen LogP contribution in [0.5, 0.6) is 0 Å². The van der Waals surface area contributed by atoms with Crippen molar-refractivity contribution < 1.29 is 9.32 Å². The second-order valence-corrected chi connectivity index (χ2v) is 5.37. The lowest BCUT2D eigenvalue weighted by atomic mass is 9.80. The van der Waals surface area contributed by atoms with Gasteiger partial charge in [-0.25, -0.2) is 0 Å². The molecule has 0 radical (unpaired) electrons. The van der Waals surface area contributed by atoms with E-state index in [-0.39, 0.29) is 5.78 Å². The molecule has 0 amide bonds. The fourth-order valence-electron chi connectivity index (χ4n) is 2.65. The summed E-state index contributed by atoms with van der Waals surface area (Å²) in [5.74, 6) is 2.96. The summed E-state index contributed by atoms with van der Waals surface area (Å²) >= 11 is 0. The van der Waals surface area contributed by atoms with Gasteiger partial charge in [0.1, 0.15) is 5.78 Å². The number of aryl methyl sites for hydroxylation is 1. The average Bonchev–Trinajstić information content (AvgIpc) is 2.85. The highest BCUT2D eigenvalue weighted by Crippen LogP contribution is 2.35. The molecule has 0 saturated heterocycles. The van der Waals surface area contributed by atoms with E-state index in [1.807, 2.05) is 0 Å². The first kappa shape index (κ1) is 13.2. The number of aromatic nitrogens is 2. The molecule has 1 heterocycles. The molecule has 100 valence electrons. The van der Waals surface area contributed by atoms with Gasteiger partial charge in [0.15, 0.2) is 5.82 Å². The highest BCUT2D eigenvalue weighted by molar-refractivity contribution is 5.75. The minimum absolute atomic E-state index is 0.165. The predicted octanol–water partition coefficient (Wildman–Crippen LogP) is 3.28. The number of carbonyl (C=O) groups is 1. The maximum Gasteiger partial charge on any atom is 0.227 e. The first-order valence-electron chi connectivity index (χ1n) is 7.01. The van der Waals surface area contributed by atoms with Gasteiger partial charge in [0.05, 0.1) is 0 Å². The normalized spacial score (nSPS) is 24.1. The topological polar surface area (TPSA) is 56.0 Å². The van der Waals surface area contributed by atoms with Crippen molar-refractivity contribution in [2.24, 2.45) is 5.92 Å². The molecule has 1 fully saturated rings. The molecule has 0 atom stereocenters. The summed E-state index contributed by atoms with van der Waals surface area (Å²) in [7, 11) is 0. The zero-order valence-electron chi connectivity index (χ0n) is 11.3. The van der Waals surface area contributed by atoms with Crippen molar-refractivity contribution in [1.29, 1.82) is 0 Å². The SMILES string of the molecule is CCC1CCC(c2noc(CCC(C)=O)n2)CC1. The maximum absolute atomic E-state index is 10.9. The number of ketones is 1. The Bertz CT molecular complexity index is 392. The Morgan fingerprint density at radius 1 is 1.33 bits per heavy atom. The van der Waals surface area contributed by atoms with Gasteiger partial charge in [-0.2, -0.15) is 4.98 Å². The van der Waals surface area contributed by atoms with E-state index in [1.165, 1.54) is 32.1 Å². The van der Waals surface area contributed by atoms with Gasteiger partial charge in [0.2, 0.25) is 5.89 Å². The molecule has 0 bridgehead atoms. The van der Waals surface area contributed by atoms with Crippen molar-refractivity contribution in [2.75, 3.05) is 0 Å². The zero-order valence-corrected chi connectivity index (χ0v) is 11.3. The molecule has 1 aromatic heterocycles. The number of rotatable bonds is 5. The van der Waals surface area contributed by atoms with E-state index in [4.69, 9.17) is 4.52 Å². The van der Waals surface area contributed by atoms with Crippen LogP contribution < -0.4 is 0 Å². The molecule has 1 aromatic rings. The van der Waals surface area contributed by atoms with Crippen molar-refractivity contribution in [3.63, 3.8) is 0 Å². The van der Waals surface area contributed by atoms with Gasteiger partial charge in [-0.15, -0.1) is 0 Å². The number of nitrogens with zero attached hydrogens (tertiary/aromatic N) is 2. The Balaban J connectivity index is 1.88. The molecule has 0 aliphatic heterocycles. The third-order valence-electron chi connectivity index (χ3n) is 3.96. The average molecular weight is 250 g/mol. The monoisotopic (exact) mass is 250 g/mol. The van der Waals surface area contributed by atoms with E-state index in [9.17, 15) is 4.79 Å².